The molecule has 0 aliphatic rings. The predicted molar refractivity (Wildman–Crippen MR) is 97.1 cm³/mol. The van der Waals surface area contributed by atoms with E-state index < -0.39 is 0 Å². The van der Waals surface area contributed by atoms with Crippen molar-refractivity contribution in [2.45, 2.75) is 6.61 Å². The van der Waals surface area contributed by atoms with Crippen molar-refractivity contribution in [2.24, 2.45) is 0 Å². The summed E-state index contributed by atoms with van der Waals surface area (Å²) in [7, 11) is 0. The molecular weight excluding hydrogens is 352 g/mol. The van der Waals surface area contributed by atoms with Crippen molar-refractivity contribution >= 4 is 37.5 Å². The van der Waals surface area contributed by atoms with Crippen molar-refractivity contribution in [3.8, 4) is 0 Å². The lowest BCUT2D eigenvalue weighted by atomic mass is 10.1. The lowest BCUT2D eigenvalue weighted by molar-refractivity contribution is 0.283. The zero-order chi connectivity index (χ0) is 16.1. The number of hydrogen-bond donors (Lipinski definition) is 1. The van der Waals surface area contributed by atoms with E-state index in [0.717, 1.165) is 20.8 Å². The number of pyridine rings is 2. The van der Waals surface area contributed by atoms with E-state index in [0.29, 0.717) is 0 Å². The summed E-state index contributed by atoms with van der Waals surface area (Å²) >= 11 is 3.47. The molecule has 4 rings (SSSR count). The molecule has 0 unspecified atom stereocenters. The number of fused-ring (bicyclic) bond motifs is 2. The first kappa shape index (κ1) is 15.6. The zero-order valence-electron chi connectivity index (χ0n) is 12.4. The van der Waals surface area contributed by atoms with Gasteiger partial charge in [0.15, 0.2) is 0 Å². The molecule has 0 saturated heterocycles. The van der Waals surface area contributed by atoms with Crippen LogP contribution >= 0.6 is 15.9 Å². The number of benzene rings is 2. The fraction of sp³-hybridized carbons (Fsp3) is 0.0526. The van der Waals surface area contributed by atoms with Crippen LogP contribution in [0, 0.1) is 0 Å². The average molecular weight is 367 g/mol. The Bertz CT molecular complexity index is 930. The van der Waals surface area contributed by atoms with Crippen LogP contribution < -0.4 is 0 Å². The minimum atomic E-state index is 0.0847. The van der Waals surface area contributed by atoms with E-state index in [2.05, 4.69) is 25.9 Å². The van der Waals surface area contributed by atoms with Gasteiger partial charge >= 0.3 is 0 Å². The number of rotatable bonds is 1. The zero-order valence-corrected chi connectivity index (χ0v) is 13.9. The molecule has 2 heterocycles. The molecule has 4 aromatic rings. The third-order valence-corrected chi connectivity index (χ3v) is 4.26. The summed E-state index contributed by atoms with van der Waals surface area (Å²) in [5, 5.41) is 13.5. The van der Waals surface area contributed by atoms with E-state index in [1.807, 2.05) is 54.7 Å². The highest BCUT2D eigenvalue weighted by molar-refractivity contribution is 9.10. The van der Waals surface area contributed by atoms with Gasteiger partial charge in [0.25, 0.3) is 0 Å². The number of aliphatic hydroxyl groups excluding tert-OH is 1. The van der Waals surface area contributed by atoms with Gasteiger partial charge in [0.1, 0.15) is 0 Å². The van der Waals surface area contributed by atoms with Gasteiger partial charge in [-0.3, -0.25) is 9.97 Å². The minimum Gasteiger partial charge on any atom is -0.392 e. The molecular formula is C19H15BrN2O. The number of hydrogen-bond acceptors (Lipinski definition) is 3. The van der Waals surface area contributed by atoms with Gasteiger partial charge in [0, 0.05) is 40.0 Å². The lowest BCUT2D eigenvalue weighted by Crippen LogP contribution is -1.85. The van der Waals surface area contributed by atoms with Crippen LogP contribution in [0.5, 0.6) is 0 Å². The smallest absolute Gasteiger partial charge is 0.0687 e. The Morgan fingerprint density at radius 1 is 0.783 bits per heavy atom. The van der Waals surface area contributed by atoms with Crippen LogP contribution in [0.25, 0.3) is 21.5 Å². The summed E-state index contributed by atoms with van der Waals surface area (Å²) in [6, 6.07) is 15.8. The molecule has 1 N–H and O–H groups in total. The summed E-state index contributed by atoms with van der Waals surface area (Å²) in [4.78, 5) is 8.04. The number of halogens is 1. The monoisotopic (exact) mass is 366 g/mol. The standard InChI is InChI=1S/C10H9NO.C9H6BrN/c12-7-9-3-1-2-8-6-11-5-4-10(8)9;10-9-3-1-2-7-6-11-5-4-8(7)9/h1-6,12H,7H2;1-6H. The molecule has 0 saturated carbocycles. The highest BCUT2D eigenvalue weighted by atomic mass is 79.9. The molecule has 2 aromatic carbocycles. The molecule has 2 aromatic heterocycles. The second kappa shape index (κ2) is 7.31. The van der Waals surface area contributed by atoms with Crippen molar-refractivity contribution in [1.29, 1.82) is 0 Å². The maximum absolute atomic E-state index is 9.02. The van der Waals surface area contributed by atoms with Gasteiger partial charge in [0.2, 0.25) is 0 Å². The first-order chi connectivity index (χ1) is 11.3. The SMILES string of the molecule is Brc1cccc2cnccc12.OCc1cccc2cnccc12. The van der Waals surface area contributed by atoms with Crippen molar-refractivity contribution < 1.29 is 5.11 Å². The van der Waals surface area contributed by atoms with E-state index in [1.54, 1.807) is 18.6 Å². The largest absolute Gasteiger partial charge is 0.392 e. The molecule has 0 aliphatic carbocycles. The number of aliphatic hydroxyl groups is 1. The topological polar surface area (TPSA) is 46.0 Å². The average Bonchev–Trinajstić information content (AvgIpc) is 2.62. The first-order valence-corrected chi connectivity index (χ1v) is 7.99. The van der Waals surface area contributed by atoms with Crippen LogP contribution in [-0.2, 0) is 6.61 Å². The van der Waals surface area contributed by atoms with Crippen LogP contribution in [0.2, 0.25) is 0 Å². The quantitative estimate of drug-likeness (QED) is 0.529. The summed E-state index contributed by atoms with van der Waals surface area (Å²) in [5.74, 6) is 0. The van der Waals surface area contributed by atoms with Crippen LogP contribution in [0.3, 0.4) is 0 Å². The van der Waals surface area contributed by atoms with E-state index in [9.17, 15) is 0 Å². The predicted octanol–water partition coefficient (Wildman–Crippen LogP) is 4.72. The van der Waals surface area contributed by atoms with Gasteiger partial charge in [0.05, 0.1) is 6.61 Å². The molecule has 0 amide bonds. The summed E-state index contributed by atoms with van der Waals surface area (Å²) in [6.45, 7) is 0.0847. The maximum Gasteiger partial charge on any atom is 0.0687 e. The van der Waals surface area contributed by atoms with Gasteiger partial charge in [-0.25, -0.2) is 0 Å². The van der Waals surface area contributed by atoms with Crippen LogP contribution in [0.15, 0.2) is 77.8 Å². The number of aromatic nitrogens is 2. The molecule has 0 radical (unpaired) electrons. The molecule has 0 spiro atoms. The third-order valence-electron chi connectivity index (χ3n) is 3.57. The Labute approximate surface area is 142 Å². The summed E-state index contributed by atoms with van der Waals surface area (Å²) < 4.78 is 1.12. The second-order valence-electron chi connectivity index (χ2n) is 5.01. The van der Waals surface area contributed by atoms with E-state index in [1.165, 1.54) is 10.8 Å². The summed E-state index contributed by atoms with van der Waals surface area (Å²) in [6.07, 6.45) is 7.20. The van der Waals surface area contributed by atoms with E-state index in [-0.39, 0.29) is 6.61 Å². The molecule has 3 nitrogen and oxygen atoms in total. The lowest BCUT2D eigenvalue weighted by Gasteiger charge is -2.01. The van der Waals surface area contributed by atoms with Crippen molar-refractivity contribution in [3.63, 3.8) is 0 Å². The molecule has 0 bridgehead atoms. The molecule has 23 heavy (non-hydrogen) atoms. The molecule has 0 atom stereocenters. The Balaban J connectivity index is 0.000000136. The molecule has 4 heteroatoms. The van der Waals surface area contributed by atoms with Gasteiger partial charge in [-0.15, -0.1) is 0 Å². The molecule has 114 valence electrons. The fourth-order valence-corrected chi connectivity index (χ4v) is 2.92. The Hall–Kier alpha value is -2.30. The van der Waals surface area contributed by atoms with Crippen LogP contribution in [0.1, 0.15) is 5.56 Å². The van der Waals surface area contributed by atoms with Gasteiger partial charge in [-0.05, 0) is 34.5 Å². The van der Waals surface area contributed by atoms with Gasteiger partial charge < -0.3 is 5.11 Å². The molecule has 0 aliphatic heterocycles. The van der Waals surface area contributed by atoms with E-state index in [4.69, 9.17) is 5.11 Å². The Morgan fingerprint density at radius 3 is 2.04 bits per heavy atom. The fourth-order valence-electron chi connectivity index (χ4n) is 2.41. The Morgan fingerprint density at radius 2 is 1.39 bits per heavy atom. The van der Waals surface area contributed by atoms with E-state index >= 15 is 0 Å². The molecule has 0 fully saturated rings. The van der Waals surface area contributed by atoms with Crippen LogP contribution in [0.4, 0.5) is 0 Å². The normalized spacial score (nSPS) is 10.3. The second-order valence-corrected chi connectivity index (χ2v) is 5.86. The van der Waals surface area contributed by atoms with Crippen molar-refractivity contribution in [3.05, 3.63) is 83.4 Å². The third kappa shape index (κ3) is 3.55. The first-order valence-electron chi connectivity index (χ1n) is 7.20. The minimum absolute atomic E-state index is 0.0847. The highest BCUT2D eigenvalue weighted by Crippen LogP contribution is 2.21. The highest BCUT2D eigenvalue weighted by Gasteiger charge is 1.97. The number of nitrogens with zero attached hydrogens (tertiary/aromatic N) is 2. The summed E-state index contributed by atoms with van der Waals surface area (Å²) in [5.41, 5.74) is 0.954. The Kier molecular flexibility index (Phi) is 4.95. The maximum atomic E-state index is 9.02. The van der Waals surface area contributed by atoms with Crippen molar-refractivity contribution in [2.75, 3.05) is 0 Å². The van der Waals surface area contributed by atoms with Crippen LogP contribution in [-0.4, -0.2) is 15.1 Å². The van der Waals surface area contributed by atoms with Crippen molar-refractivity contribution in [1.82, 2.24) is 9.97 Å². The van der Waals surface area contributed by atoms with Gasteiger partial charge in [-0.1, -0.05) is 46.3 Å². The van der Waals surface area contributed by atoms with Gasteiger partial charge in [-0.2, -0.15) is 0 Å².